The maximum Gasteiger partial charge on any atom is 0.140 e. The zero-order chi connectivity index (χ0) is 8.97. The average molecular weight is 166 g/mol. The fourth-order valence-corrected chi connectivity index (χ4v) is 1.07. The van der Waals surface area contributed by atoms with E-state index in [1.165, 1.54) is 0 Å². The summed E-state index contributed by atoms with van der Waals surface area (Å²) in [5.74, 6) is 5.91. The minimum absolute atomic E-state index is 0.230. The van der Waals surface area contributed by atoms with Crippen molar-refractivity contribution >= 4 is 5.69 Å². The van der Waals surface area contributed by atoms with Crippen molar-refractivity contribution in [1.82, 2.24) is 0 Å². The molecule has 0 amide bonds. The number of benzene rings is 1. The fourth-order valence-electron chi connectivity index (χ4n) is 1.07. The first-order valence-electron chi connectivity index (χ1n) is 4.06. The zero-order valence-electron chi connectivity index (χ0n) is 7.20. The van der Waals surface area contributed by atoms with Crippen molar-refractivity contribution in [3.8, 4) is 5.75 Å². The minimum Gasteiger partial charge on any atom is -0.506 e. The number of hydrogen-bond donors (Lipinski definition) is 2. The predicted molar refractivity (Wildman–Crippen MR) is 49.9 cm³/mol. The highest BCUT2D eigenvalue weighted by molar-refractivity contribution is 5.56. The van der Waals surface area contributed by atoms with Crippen molar-refractivity contribution < 1.29 is 5.11 Å². The molecule has 1 rings (SSSR count). The van der Waals surface area contributed by atoms with Gasteiger partial charge in [0.2, 0.25) is 0 Å². The van der Waals surface area contributed by atoms with E-state index in [9.17, 15) is 5.11 Å². The number of hydrogen-bond acceptors (Lipinski definition) is 3. The Balaban J connectivity index is 2.79. The fraction of sp³-hybridized carbons (Fsp3) is 0.333. The van der Waals surface area contributed by atoms with E-state index in [0.717, 1.165) is 13.0 Å². The molecule has 0 heterocycles. The molecular formula is C9H14N2O. The Morgan fingerprint density at radius 1 is 1.42 bits per heavy atom. The van der Waals surface area contributed by atoms with E-state index >= 15 is 0 Å². The number of para-hydroxylation sites is 2. The summed E-state index contributed by atoms with van der Waals surface area (Å²) < 4.78 is 0. The monoisotopic (exact) mass is 166 g/mol. The van der Waals surface area contributed by atoms with Crippen LogP contribution in [-0.2, 0) is 0 Å². The number of phenols is 1. The molecule has 0 atom stereocenters. The summed E-state index contributed by atoms with van der Waals surface area (Å²) in [6.07, 6.45) is 0.963. The van der Waals surface area contributed by atoms with Gasteiger partial charge in [-0.3, -0.25) is 0 Å². The van der Waals surface area contributed by atoms with Crippen LogP contribution in [0, 0.1) is 0 Å². The molecule has 0 saturated carbocycles. The van der Waals surface area contributed by atoms with Gasteiger partial charge in [-0.1, -0.05) is 19.1 Å². The largest absolute Gasteiger partial charge is 0.506 e. The molecule has 0 spiro atoms. The summed E-state index contributed by atoms with van der Waals surface area (Å²) in [5, 5.41) is 10.9. The van der Waals surface area contributed by atoms with E-state index in [4.69, 9.17) is 5.84 Å². The topological polar surface area (TPSA) is 49.5 Å². The maximum absolute atomic E-state index is 9.39. The van der Waals surface area contributed by atoms with Crippen LogP contribution < -0.4 is 10.9 Å². The number of nitrogens with zero attached hydrogens (tertiary/aromatic N) is 1. The van der Waals surface area contributed by atoms with Gasteiger partial charge < -0.3 is 10.1 Å². The molecule has 0 aliphatic heterocycles. The molecule has 1 aromatic carbocycles. The summed E-state index contributed by atoms with van der Waals surface area (Å²) in [5.41, 5.74) is 0.680. The Kier molecular flexibility index (Phi) is 2.94. The van der Waals surface area contributed by atoms with Gasteiger partial charge in [-0.05, 0) is 18.6 Å². The van der Waals surface area contributed by atoms with Gasteiger partial charge in [0, 0.05) is 6.54 Å². The second-order valence-electron chi connectivity index (χ2n) is 2.68. The second-order valence-corrected chi connectivity index (χ2v) is 2.68. The summed E-state index contributed by atoms with van der Waals surface area (Å²) in [7, 11) is 0. The Hall–Kier alpha value is -1.22. The lowest BCUT2D eigenvalue weighted by Crippen LogP contribution is -2.31. The van der Waals surface area contributed by atoms with Crippen molar-refractivity contribution in [3.05, 3.63) is 24.3 Å². The highest BCUT2D eigenvalue weighted by atomic mass is 16.3. The van der Waals surface area contributed by atoms with Crippen molar-refractivity contribution in [1.29, 1.82) is 0 Å². The van der Waals surface area contributed by atoms with Crippen LogP contribution in [0.25, 0.3) is 0 Å². The molecule has 0 unspecified atom stereocenters. The zero-order valence-corrected chi connectivity index (χ0v) is 7.20. The van der Waals surface area contributed by atoms with Crippen LogP contribution in [-0.4, -0.2) is 11.7 Å². The molecule has 0 bridgehead atoms. The highest BCUT2D eigenvalue weighted by Crippen LogP contribution is 2.23. The molecule has 0 saturated heterocycles. The Bertz CT molecular complexity index is 250. The molecule has 0 radical (unpaired) electrons. The molecule has 66 valence electrons. The van der Waals surface area contributed by atoms with Gasteiger partial charge in [0.1, 0.15) is 5.75 Å². The molecule has 3 heteroatoms. The smallest absolute Gasteiger partial charge is 0.140 e. The van der Waals surface area contributed by atoms with Gasteiger partial charge in [0.15, 0.2) is 0 Å². The number of nitrogens with two attached hydrogens (primary N) is 1. The number of anilines is 1. The highest BCUT2D eigenvalue weighted by Gasteiger charge is 2.03. The standard InChI is InChI=1S/C9H14N2O/c1-2-7-11(10)8-5-3-4-6-9(8)12/h3-6,12H,2,7,10H2,1H3. The summed E-state index contributed by atoms with van der Waals surface area (Å²) in [6, 6.07) is 7.05. The third-order valence-corrected chi connectivity index (χ3v) is 1.66. The van der Waals surface area contributed by atoms with Crippen LogP contribution in [0.15, 0.2) is 24.3 Å². The molecule has 0 aliphatic rings. The van der Waals surface area contributed by atoms with Crippen LogP contribution in [0.5, 0.6) is 5.75 Å². The van der Waals surface area contributed by atoms with Gasteiger partial charge in [0.25, 0.3) is 0 Å². The third kappa shape index (κ3) is 1.89. The maximum atomic E-state index is 9.39. The first-order valence-corrected chi connectivity index (χ1v) is 4.06. The normalized spacial score (nSPS) is 9.83. The summed E-state index contributed by atoms with van der Waals surface area (Å²) in [4.78, 5) is 0. The van der Waals surface area contributed by atoms with E-state index in [0.29, 0.717) is 5.69 Å². The number of phenolic OH excluding ortho intramolecular Hbond substituents is 1. The van der Waals surface area contributed by atoms with E-state index in [2.05, 4.69) is 0 Å². The lowest BCUT2D eigenvalue weighted by molar-refractivity contribution is 0.474. The van der Waals surface area contributed by atoms with Crippen LogP contribution in [0.1, 0.15) is 13.3 Å². The molecule has 12 heavy (non-hydrogen) atoms. The van der Waals surface area contributed by atoms with Gasteiger partial charge in [-0.2, -0.15) is 0 Å². The van der Waals surface area contributed by atoms with Crippen molar-refractivity contribution in [2.45, 2.75) is 13.3 Å². The van der Waals surface area contributed by atoms with E-state index in [-0.39, 0.29) is 5.75 Å². The Labute approximate surface area is 72.4 Å². The second kappa shape index (κ2) is 3.97. The number of rotatable bonds is 3. The van der Waals surface area contributed by atoms with Crippen LogP contribution in [0.3, 0.4) is 0 Å². The number of aromatic hydroxyl groups is 1. The van der Waals surface area contributed by atoms with Crippen LogP contribution in [0.2, 0.25) is 0 Å². The van der Waals surface area contributed by atoms with Crippen molar-refractivity contribution in [3.63, 3.8) is 0 Å². The average Bonchev–Trinajstić information content (AvgIpc) is 2.05. The first-order chi connectivity index (χ1) is 5.75. The Morgan fingerprint density at radius 3 is 2.67 bits per heavy atom. The lowest BCUT2D eigenvalue weighted by atomic mass is 10.3. The van der Waals surface area contributed by atoms with E-state index in [1.807, 2.05) is 13.0 Å². The molecule has 0 aliphatic carbocycles. The van der Waals surface area contributed by atoms with Gasteiger partial charge >= 0.3 is 0 Å². The van der Waals surface area contributed by atoms with Crippen LogP contribution >= 0.6 is 0 Å². The van der Waals surface area contributed by atoms with Gasteiger partial charge in [-0.25, -0.2) is 5.84 Å². The molecule has 1 aromatic rings. The Morgan fingerprint density at radius 2 is 2.08 bits per heavy atom. The molecular weight excluding hydrogens is 152 g/mol. The number of hydrazine groups is 1. The molecule has 0 fully saturated rings. The third-order valence-electron chi connectivity index (χ3n) is 1.66. The first kappa shape index (κ1) is 8.87. The van der Waals surface area contributed by atoms with E-state index < -0.39 is 0 Å². The quantitative estimate of drug-likeness (QED) is 0.528. The van der Waals surface area contributed by atoms with Gasteiger partial charge in [-0.15, -0.1) is 0 Å². The molecule has 3 nitrogen and oxygen atoms in total. The minimum atomic E-state index is 0.230. The molecule has 0 aromatic heterocycles. The summed E-state index contributed by atoms with van der Waals surface area (Å²) >= 11 is 0. The van der Waals surface area contributed by atoms with Crippen molar-refractivity contribution in [2.75, 3.05) is 11.6 Å². The predicted octanol–water partition coefficient (Wildman–Crippen LogP) is 1.48. The van der Waals surface area contributed by atoms with Crippen molar-refractivity contribution in [2.24, 2.45) is 5.84 Å². The van der Waals surface area contributed by atoms with Gasteiger partial charge in [0.05, 0.1) is 5.69 Å². The summed E-state index contributed by atoms with van der Waals surface area (Å²) in [6.45, 7) is 2.79. The lowest BCUT2D eigenvalue weighted by Gasteiger charge is -2.18. The SMILES string of the molecule is CCCN(N)c1ccccc1O. The van der Waals surface area contributed by atoms with E-state index in [1.54, 1.807) is 23.2 Å². The molecule has 3 N–H and O–H groups in total. The van der Waals surface area contributed by atoms with Crippen LogP contribution in [0.4, 0.5) is 5.69 Å².